The van der Waals surface area contributed by atoms with Crippen molar-refractivity contribution in [2.75, 3.05) is 12.3 Å². The smallest absolute Gasteiger partial charge is 0.220 e. The first-order chi connectivity index (χ1) is 5.36. The van der Waals surface area contributed by atoms with Crippen LogP contribution < -0.4 is 5.32 Å². The standard InChI is InChI=1S/C7H10N2OS/c10-6-2-1-5(9-6)7-8-3-4-11-7/h5H,1-4H2,(H,9,10)/t5-/m0/s1. The molecule has 0 aliphatic carbocycles. The van der Waals surface area contributed by atoms with E-state index < -0.39 is 0 Å². The highest BCUT2D eigenvalue weighted by Gasteiger charge is 2.26. The second-order valence-electron chi connectivity index (χ2n) is 2.73. The zero-order chi connectivity index (χ0) is 7.68. The van der Waals surface area contributed by atoms with E-state index in [1.54, 1.807) is 11.8 Å². The molecule has 0 saturated carbocycles. The molecule has 2 heterocycles. The van der Waals surface area contributed by atoms with Crippen LogP contribution >= 0.6 is 11.8 Å². The Morgan fingerprint density at radius 2 is 2.55 bits per heavy atom. The molecular weight excluding hydrogens is 160 g/mol. The van der Waals surface area contributed by atoms with Gasteiger partial charge in [-0.25, -0.2) is 0 Å². The maximum atomic E-state index is 10.8. The Hall–Kier alpha value is -0.510. The zero-order valence-corrected chi connectivity index (χ0v) is 6.99. The summed E-state index contributed by atoms with van der Waals surface area (Å²) in [5.74, 6) is 1.26. The monoisotopic (exact) mass is 170 g/mol. The molecule has 0 aromatic heterocycles. The quantitative estimate of drug-likeness (QED) is 0.619. The molecule has 60 valence electrons. The minimum Gasteiger partial charge on any atom is -0.347 e. The Morgan fingerprint density at radius 3 is 3.09 bits per heavy atom. The molecule has 0 bridgehead atoms. The second kappa shape index (κ2) is 2.85. The lowest BCUT2D eigenvalue weighted by atomic mass is 10.2. The van der Waals surface area contributed by atoms with Crippen LogP contribution in [-0.4, -0.2) is 29.3 Å². The molecule has 2 aliphatic rings. The molecule has 0 aromatic carbocycles. The molecule has 4 heteroatoms. The van der Waals surface area contributed by atoms with Crippen LogP contribution in [-0.2, 0) is 4.79 Å². The Balaban J connectivity index is 2.00. The van der Waals surface area contributed by atoms with Gasteiger partial charge in [0, 0.05) is 18.7 Å². The van der Waals surface area contributed by atoms with Gasteiger partial charge in [-0.1, -0.05) is 0 Å². The third-order valence-electron chi connectivity index (χ3n) is 1.90. The van der Waals surface area contributed by atoms with Crippen molar-refractivity contribution < 1.29 is 4.79 Å². The molecule has 0 unspecified atom stereocenters. The largest absolute Gasteiger partial charge is 0.347 e. The number of hydrogen-bond acceptors (Lipinski definition) is 3. The highest BCUT2D eigenvalue weighted by atomic mass is 32.2. The topological polar surface area (TPSA) is 41.5 Å². The lowest BCUT2D eigenvalue weighted by Crippen LogP contribution is -2.30. The van der Waals surface area contributed by atoms with Crippen molar-refractivity contribution in [1.82, 2.24) is 5.32 Å². The third-order valence-corrected chi connectivity index (χ3v) is 3.00. The molecular formula is C7H10N2OS. The fraction of sp³-hybridized carbons (Fsp3) is 0.714. The molecule has 11 heavy (non-hydrogen) atoms. The van der Waals surface area contributed by atoms with Gasteiger partial charge in [0.1, 0.15) is 0 Å². The van der Waals surface area contributed by atoms with Crippen molar-refractivity contribution in [3.05, 3.63) is 0 Å². The van der Waals surface area contributed by atoms with E-state index in [2.05, 4.69) is 10.3 Å². The number of nitrogens with one attached hydrogen (secondary N) is 1. The van der Waals surface area contributed by atoms with Crippen LogP contribution in [0.1, 0.15) is 12.8 Å². The molecule has 1 amide bonds. The van der Waals surface area contributed by atoms with E-state index in [1.165, 1.54) is 0 Å². The highest BCUT2D eigenvalue weighted by Crippen LogP contribution is 2.20. The van der Waals surface area contributed by atoms with E-state index in [-0.39, 0.29) is 11.9 Å². The lowest BCUT2D eigenvalue weighted by molar-refractivity contribution is -0.119. The summed E-state index contributed by atoms with van der Waals surface area (Å²) < 4.78 is 0. The average molecular weight is 170 g/mol. The summed E-state index contributed by atoms with van der Waals surface area (Å²) in [6.07, 6.45) is 1.61. The van der Waals surface area contributed by atoms with Crippen molar-refractivity contribution in [1.29, 1.82) is 0 Å². The van der Waals surface area contributed by atoms with Crippen molar-refractivity contribution >= 4 is 22.7 Å². The number of carbonyl (C=O) groups excluding carboxylic acids is 1. The van der Waals surface area contributed by atoms with E-state index in [0.29, 0.717) is 6.42 Å². The SMILES string of the molecule is O=C1CC[C@@H](C2=NCCS2)N1. The van der Waals surface area contributed by atoms with Gasteiger partial charge in [0.25, 0.3) is 0 Å². The number of amides is 1. The number of hydrogen-bond donors (Lipinski definition) is 1. The number of aliphatic imine (C=N–C) groups is 1. The minimum atomic E-state index is 0.171. The average Bonchev–Trinajstić information content (AvgIpc) is 2.55. The van der Waals surface area contributed by atoms with Gasteiger partial charge < -0.3 is 5.32 Å². The maximum Gasteiger partial charge on any atom is 0.220 e. The summed E-state index contributed by atoms with van der Waals surface area (Å²) in [5, 5.41) is 4.04. The first kappa shape index (κ1) is 7.16. The summed E-state index contributed by atoms with van der Waals surface area (Å²) >= 11 is 1.78. The van der Waals surface area contributed by atoms with Crippen LogP contribution in [0.2, 0.25) is 0 Å². The number of nitrogens with zero attached hydrogens (tertiary/aromatic N) is 1. The summed E-state index contributed by atoms with van der Waals surface area (Å²) in [6.45, 7) is 0.923. The molecule has 1 saturated heterocycles. The first-order valence-corrected chi connectivity index (χ1v) is 4.81. The molecule has 1 atom stereocenters. The van der Waals surface area contributed by atoms with E-state index >= 15 is 0 Å². The Morgan fingerprint density at radius 1 is 1.64 bits per heavy atom. The maximum absolute atomic E-state index is 10.8. The van der Waals surface area contributed by atoms with Crippen molar-refractivity contribution in [2.45, 2.75) is 18.9 Å². The van der Waals surface area contributed by atoms with Crippen LogP contribution in [0.4, 0.5) is 0 Å². The van der Waals surface area contributed by atoms with Gasteiger partial charge in [-0.15, -0.1) is 11.8 Å². The number of thioether (sulfide) groups is 1. The highest BCUT2D eigenvalue weighted by molar-refractivity contribution is 8.14. The van der Waals surface area contributed by atoms with Gasteiger partial charge in [0.2, 0.25) is 5.91 Å². The number of carbonyl (C=O) groups is 1. The van der Waals surface area contributed by atoms with Crippen LogP contribution in [0.3, 0.4) is 0 Å². The molecule has 1 N–H and O–H groups in total. The van der Waals surface area contributed by atoms with E-state index in [0.717, 1.165) is 23.8 Å². The second-order valence-corrected chi connectivity index (χ2v) is 3.84. The predicted molar refractivity (Wildman–Crippen MR) is 45.9 cm³/mol. The van der Waals surface area contributed by atoms with Crippen molar-refractivity contribution in [3.8, 4) is 0 Å². The van der Waals surface area contributed by atoms with Gasteiger partial charge in [0.15, 0.2) is 0 Å². The minimum absolute atomic E-state index is 0.171. The van der Waals surface area contributed by atoms with Crippen LogP contribution in [0.15, 0.2) is 4.99 Å². The molecule has 2 rings (SSSR count). The summed E-state index contributed by atoms with van der Waals surface area (Å²) in [6, 6.07) is 0.245. The van der Waals surface area contributed by atoms with Crippen molar-refractivity contribution in [2.24, 2.45) is 4.99 Å². The van der Waals surface area contributed by atoms with E-state index in [1.807, 2.05) is 0 Å². The van der Waals surface area contributed by atoms with Gasteiger partial charge in [0.05, 0.1) is 11.1 Å². The normalized spacial score (nSPS) is 30.4. The van der Waals surface area contributed by atoms with Crippen LogP contribution in [0.25, 0.3) is 0 Å². The van der Waals surface area contributed by atoms with E-state index in [4.69, 9.17) is 0 Å². The summed E-state index contributed by atoms with van der Waals surface area (Å²) in [5.41, 5.74) is 0. The fourth-order valence-corrected chi connectivity index (χ4v) is 2.31. The van der Waals surface area contributed by atoms with Crippen LogP contribution in [0, 0.1) is 0 Å². The van der Waals surface area contributed by atoms with Gasteiger partial charge in [-0.2, -0.15) is 0 Å². The predicted octanol–water partition coefficient (Wildman–Crippen LogP) is 0.410. The van der Waals surface area contributed by atoms with Gasteiger partial charge in [-0.3, -0.25) is 9.79 Å². The fourth-order valence-electron chi connectivity index (χ4n) is 1.36. The number of rotatable bonds is 1. The Bertz CT molecular complexity index is 214. The lowest BCUT2D eigenvalue weighted by Gasteiger charge is -2.07. The molecule has 0 radical (unpaired) electrons. The Labute approximate surface area is 69.6 Å². The molecule has 0 spiro atoms. The molecule has 3 nitrogen and oxygen atoms in total. The zero-order valence-electron chi connectivity index (χ0n) is 6.17. The van der Waals surface area contributed by atoms with Crippen molar-refractivity contribution in [3.63, 3.8) is 0 Å². The summed E-state index contributed by atoms with van der Waals surface area (Å²) in [7, 11) is 0. The molecule has 0 aromatic rings. The summed E-state index contributed by atoms with van der Waals surface area (Å²) in [4.78, 5) is 15.2. The first-order valence-electron chi connectivity index (χ1n) is 3.83. The van der Waals surface area contributed by atoms with Crippen LogP contribution in [0.5, 0.6) is 0 Å². The van der Waals surface area contributed by atoms with Gasteiger partial charge in [-0.05, 0) is 6.42 Å². The molecule has 1 fully saturated rings. The molecule has 2 aliphatic heterocycles. The van der Waals surface area contributed by atoms with Gasteiger partial charge >= 0.3 is 0 Å². The van der Waals surface area contributed by atoms with E-state index in [9.17, 15) is 4.79 Å². The Kier molecular flexibility index (Phi) is 1.85. The third kappa shape index (κ3) is 1.40.